The number of carbonyl (C=O) groups excluding carboxylic acids is 2. The van der Waals surface area contributed by atoms with Crippen LogP contribution >= 0.6 is 15.9 Å². The second-order valence-corrected chi connectivity index (χ2v) is 4.80. The Morgan fingerprint density at radius 3 is 2.52 bits per heavy atom. The summed E-state index contributed by atoms with van der Waals surface area (Å²) < 4.78 is 5.61. The number of nitriles is 1. The van der Waals surface area contributed by atoms with Gasteiger partial charge < -0.3 is 15.1 Å². The van der Waals surface area contributed by atoms with E-state index in [4.69, 9.17) is 9.68 Å². The van der Waals surface area contributed by atoms with Crippen LogP contribution < -0.4 is 10.6 Å². The third kappa shape index (κ3) is 4.19. The van der Waals surface area contributed by atoms with Gasteiger partial charge in [-0.1, -0.05) is 6.07 Å². The van der Waals surface area contributed by atoms with E-state index in [1.807, 2.05) is 0 Å². The van der Waals surface area contributed by atoms with Crippen molar-refractivity contribution in [2.45, 2.75) is 6.42 Å². The van der Waals surface area contributed by atoms with Crippen molar-refractivity contribution in [2.24, 2.45) is 0 Å². The van der Waals surface area contributed by atoms with E-state index in [-0.39, 0.29) is 12.2 Å². The molecule has 0 aliphatic carbocycles. The lowest BCUT2D eigenvalue weighted by Crippen LogP contribution is -2.12. The molecular formula is C14H10BrN3O3. The number of carbonyl (C=O) groups is 2. The normalized spacial score (nSPS) is 9.71. The monoisotopic (exact) mass is 347 g/mol. The van der Waals surface area contributed by atoms with E-state index in [1.165, 1.54) is 6.07 Å². The van der Waals surface area contributed by atoms with Gasteiger partial charge in [0.15, 0.2) is 10.4 Å². The molecule has 0 radical (unpaired) electrons. The molecule has 0 aliphatic rings. The Balaban J connectivity index is 2.06. The van der Waals surface area contributed by atoms with Crippen molar-refractivity contribution in [3.8, 4) is 6.07 Å². The number of furan rings is 1. The van der Waals surface area contributed by atoms with Crippen LogP contribution in [-0.4, -0.2) is 11.8 Å². The van der Waals surface area contributed by atoms with Crippen molar-refractivity contribution in [1.82, 2.24) is 0 Å². The quantitative estimate of drug-likeness (QED) is 0.887. The topological polar surface area (TPSA) is 95.1 Å². The molecule has 0 spiro atoms. The predicted octanol–water partition coefficient (Wildman–Crippen LogP) is 3.15. The van der Waals surface area contributed by atoms with Crippen molar-refractivity contribution < 1.29 is 14.0 Å². The minimum absolute atomic E-state index is 0.167. The summed E-state index contributed by atoms with van der Waals surface area (Å²) in [7, 11) is 0. The van der Waals surface area contributed by atoms with Gasteiger partial charge in [-0.05, 0) is 46.3 Å². The summed E-state index contributed by atoms with van der Waals surface area (Å²) in [5.41, 5.74) is 0.996. The van der Waals surface area contributed by atoms with E-state index in [0.29, 0.717) is 16.0 Å². The Labute approximate surface area is 128 Å². The average molecular weight is 348 g/mol. The lowest BCUT2D eigenvalue weighted by Gasteiger charge is -2.07. The highest BCUT2D eigenvalue weighted by Gasteiger charge is 2.11. The third-order valence-corrected chi connectivity index (χ3v) is 2.87. The fraction of sp³-hybridized carbons (Fsp3) is 0.0714. The second-order valence-electron chi connectivity index (χ2n) is 4.02. The maximum atomic E-state index is 11.9. The first-order valence-corrected chi connectivity index (χ1v) is 6.71. The zero-order chi connectivity index (χ0) is 15.2. The Bertz CT molecular complexity index is 718. The van der Waals surface area contributed by atoms with Crippen LogP contribution in [0.4, 0.5) is 11.4 Å². The van der Waals surface area contributed by atoms with E-state index in [9.17, 15) is 9.59 Å². The van der Waals surface area contributed by atoms with Gasteiger partial charge in [-0.25, -0.2) is 0 Å². The number of nitrogens with zero attached hydrogens (tertiary/aromatic N) is 1. The summed E-state index contributed by atoms with van der Waals surface area (Å²) in [5, 5.41) is 13.6. The van der Waals surface area contributed by atoms with Crippen LogP contribution in [0.25, 0.3) is 0 Å². The van der Waals surface area contributed by atoms with Gasteiger partial charge in [0.2, 0.25) is 5.91 Å². The summed E-state index contributed by atoms with van der Waals surface area (Å²) in [6.45, 7) is 0. The average Bonchev–Trinajstić information content (AvgIpc) is 2.86. The first kappa shape index (κ1) is 14.8. The van der Waals surface area contributed by atoms with Crippen LogP contribution in [-0.2, 0) is 4.79 Å². The molecule has 0 fully saturated rings. The van der Waals surface area contributed by atoms with Crippen LogP contribution in [0.5, 0.6) is 0 Å². The molecule has 2 N–H and O–H groups in total. The number of hydrogen-bond donors (Lipinski definition) is 2. The largest absolute Gasteiger partial charge is 0.444 e. The zero-order valence-electron chi connectivity index (χ0n) is 10.7. The number of nitrogens with one attached hydrogen (secondary N) is 2. The van der Waals surface area contributed by atoms with Crippen molar-refractivity contribution in [2.75, 3.05) is 10.6 Å². The van der Waals surface area contributed by atoms with Crippen molar-refractivity contribution in [1.29, 1.82) is 5.26 Å². The van der Waals surface area contributed by atoms with Gasteiger partial charge in [-0.15, -0.1) is 0 Å². The first-order valence-electron chi connectivity index (χ1n) is 5.92. The number of halogens is 1. The SMILES string of the molecule is N#CCC(=O)Nc1cccc(NC(=O)c2ccc(Br)o2)c1. The standard InChI is InChI=1S/C14H10BrN3O3/c15-12-5-4-11(21-12)14(20)18-10-3-1-2-9(8-10)17-13(19)6-7-16/h1-5,8H,6H2,(H,17,19)(H,18,20). The fourth-order valence-electron chi connectivity index (χ4n) is 1.58. The molecule has 0 saturated heterocycles. The van der Waals surface area contributed by atoms with Crippen LogP contribution in [0.2, 0.25) is 0 Å². The zero-order valence-corrected chi connectivity index (χ0v) is 12.3. The van der Waals surface area contributed by atoms with Gasteiger partial charge in [-0.3, -0.25) is 9.59 Å². The number of hydrogen-bond acceptors (Lipinski definition) is 4. The Hall–Kier alpha value is -2.59. The maximum absolute atomic E-state index is 11.9. The molecule has 106 valence electrons. The molecule has 1 aromatic carbocycles. The molecule has 0 unspecified atom stereocenters. The van der Waals surface area contributed by atoms with Gasteiger partial charge in [-0.2, -0.15) is 5.26 Å². The Kier molecular flexibility index (Phi) is 4.74. The molecule has 2 rings (SSSR count). The molecule has 7 heteroatoms. The smallest absolute Gasteiger partial charge is 0.291 e. The van der Waals surface area contributed by atoms with E-state index in [0.717, 1.165) is 0 Å². The molecule has 0 aliphatic heterocycles. The van der Waals surface area contributed by atoms with Gasteiger partial charge in [0.1, 0.15) is 6.42 Å². The van der Waals surface area contributed by atoms with E-state index < -0.39 is 11.8 Å². The number of anilines is 2. The molecule has 1 heterocycles. The minimum atomic E-state index is -0.407. The van der Waals surface area contributed by atoms with Gasteiger partial charge in [0.25, 0.3) is 5.91 Å². The van der Waals surface area contributed by atoms with Crippen molar-refractivity contribution in [3.05, 3.63) is 46.8 Å². The van der Waals surface area contributed by atoms with E-state index in [2.05, 4.69) is 26.6 Å². The molecule has 21 heavy (non-hydrogen) atoms. The van der Waals surface area contributed by atoms with Crippen LogP contribution in [0.3, 0.4) is 0 Å². The minimum Gasteiger partial charge on any atom is -0.444 e. The summed E-state index contributed by atoms with van der Waals surface area (Å²) >= 11 is 3.12. The summed E-state index contributed by atoms with van der Waals surface area (Å²) in [4.78, 5) is 23.2. The lowest BCUT2D eigenvalue weighted by molar-refractivity contribution is -0.115. The molecule has 0 atom stereocenters. The lowest BCUT2D eigenvalue weighted by atomic mass is 10.2. The van der Waals surface area contributed by atoms with Crippen LogP contribution in [0.1, 0.15) is 17.0 Å². The molecule has 0 saturated carbocycles. The van der Waals surface area contributed by atoms with E-state index >= 15 is 0 Å². The van der Waals surface area contributed by atoms with Gasteiger partial charge >= 0.3 is 0 Å². The van der Waals surface area contributed by atoms with Crippen molar-refractivity contribution >= 4 is 39.1 Å². The maximum Gasteiger partial charge on any atom is 0.291 e. The third-order valence-electron chi connectivity index (χ3n) is 2.44. The number of amides is 2. The highest BCUT2D eigenvalue weighted by molar-refractivity contribution is 9.10. The van der Waals surface area contributed by atoms with Crippen molar-refractivity contribution in [3.63, 3.8) is 0 Å². The predicted molar refractivity (Wildman–Crippen MR) is 79.7 cm³/mol. The molecule has 2 amide bonds. The summed E-state index contributed by atoms with van der Waals surface area (Å²) in [6, 6.07) is 11.5. The van der Waals surface area contributed by atoms with E-state index in [1.54, 1.807) is 36.4 Å². The molecular weight excluding hydrogens is 338 g/mol. The highest BCUT2D eigenvalue weighted by Crippen LogP contribution is 2.18. The molecule has 2 aromatic rings. The highest BCUT2D eigenvalue weighted by atomic mass is 79.9. The Morgan fingerprint density at radius 2 is 1.90 bits per heavy atom. The molecule has 1 aromatic heterocycles. The van der Waals surface area contributed by atoms with Crippen LogP contribution in [0, 0.1) is 11.3 Å². The van der Waals surface area contributed by atoms with Crippen LogP contribution in [0.15, 0.2) is 45.5 Å². The molecule has 0 bridgehead atoms. The Morgan fingerprint density at radius 1 is 1.19 bits per heavy atom. The molecule has 6 nitrogen and oxygen atoms in total. The second kappa shape index (κ2) is 6.72. The summed E-state index contributed by atoms with van der Waals surface area (Å²) in [5.74, 6) is -0.641. The van der Waals surface area contributed by atoms with Gasteiger partial charge in [0.05, 0.1) is 6.07 Å². The fourth-order valence-corrected chi connectivity index (χ4v) is 1.89. The first-order chi connectivity index (χ1) is 10.1. The summed E-state index contributed by atoms with van der Waals surface area (Å²) in [6.07, 6.45) is -0.225. The van der Waals surface area contributed by atoms with Gasteiger partial charge in [0, 0.05) is 11.4 Å². The number of rotatable bonds is 4. The number of benzene rings is 1.